The van der Waals surface area contributed by atoms with Gasteiger partial charge in [0.25, 0.3) is 0 Å². The van der Waals surface area contributed by atoms with Crippen LogP contribution in [0.25, 0.3) is 0 Å². The maximum Gasteiger partial charge on any atom is 1.00 e. The molecular formula is C6H5F2NaO2S. The van der Waals surface area contributed by atoms with E-state index in [2.05, 4.69) is 0 Å². The Balaban J connectivity index is 0. The van der Waals surface area contributed by atoms with E-state index in [4.69, 9.17) is 4.55 Å². The number of halogens is 2. The van der Waals surface area contributed by atoms with Gasteiger partial charge >= 0.3 is 29.6 Å². The van der Waals surface area contributed by atoms with Gasteiger partial charge in [0.15, 0.2) is 11.1 Å². The van der Waals surface area contributed by atoms with E-state index in [9.17, 15) is 13.0 Å². The first-order valence-electron chi connectivity index (χ1n) is 2.66. The van der Waals surface area contributed by atoms with Gasteiger partial charge in [0.05, 0.1) is 4.90 Å². The Morgan fingerprint density at radius 2 is 1.67 bits per heavy atom. The minimum absolute atomic E-state index is 0. The fraction of sp³-hybridized carbons (Fsp3) is 0. The fourth-order valence-electron chi connectivity index (χ4n) is 0.629. The molecule has 1 aromatic carbocycles. The van der Waals surface area contributed by atoms with Gasteiger partial charge in [0.2, 0.25) is 0 Å². The summed E-state index contributed by atoms with van der Waals surface area (Å²) < 4.78 is 43.3. The van der Waals surface area contributed by atoms with E-state index in [0.29, 0.717) is 6.07 Å². The van der Waals surface area contributed by atoms with Crippen LogP contribution >= 0.6 is 0 Å². The van der Waals surface area contributed by atoms with Gasteiger partial charge in [-0.1, -0.05) is 0 Å². The van der Waals surface area contributed by atoms with Crippen LogP contribution in [0.5, 0.6) is 0 Å². The van der Waals surface area contributed by atoms with Crippen molar-refractivity contribution in [3.63, 3.8) is 0 Å². The number of benzene rings is 1. The van der Waals surface area contributed by atoms with Crippen molar-refractivity contribution in [3.05, 3.63) is 29.8 Å². The van der Waals surface area contributed by atoms with Crippen LogP contribution in [0, 0.1) is 11.6 Å². The molecule has 2 nitrogen and oxygen atoms in total. The first kappa shape index (κ1) is 12.2. The standard InChI is InChI=1S/C6H4F2O2S.Na.H/c7-4-1-5(8)3-6(2-4)11(9)10;;/h1-3H,(H,9,10);;/q;+1;-1. The minimum atomic E-state index is -2.33. The molecule has 0 saturated heterocycles. The molecule has 1 rings (SSSR count). The van der Waals surface area contributed by atoms with Crippen LogP contribution in [0.15, 0.2) is 23.1 Å². The second kappa shape index (κ2) is 5.04. The van der Waals surface area contributed by atoms with Crippen LogP contribution in [0.1, 0.15) is 1.43 Å². The largest absolute Gasteiger partial charge is 1.00 e. The summed E-state index contributed by atoms with van der Waals surface area (Å²) in [6.45, 7) is 0. The summed E-state index contributed by atoms with van der Waals surface area (Å²) in [5, 5.41) is 0. The number of hydrogen-bond donors (Lipinski definition) is 1. The monoisotopic (exact) mass is 202 g/mol. The van der Waals surface area contributed by atoms with Crippen LogP contribution < -0.4 is 29.6 Å². The third kappa shape index (κ3) is 3.28. The molecule has 6 heteroatoms. The molecule has 1 aromatic rings. The molecule has 0 bridgehead atoms. The van der Waals surface area contributed by atoms with Crippen molar-refractivity contribution >= 4 is 11.1 Å². The maximum atomic E-state index is 12.3. The molecule has 0 aliphatic heterocycles. The van der Waals surface area contributed by atoms with Crippen molar-refractivity contribution in [2.75, 3.05) is 0 Å². The average Bonchev–Trinajstić information content (AvgIpc) is 1.85. The molecular weight excluding hydrogens is 197 g/mol. The van der Waals surface area contributed by atoms with Crippen molar-refractivity contribution in [1.29, 1.82) is 0 Å². The van der Waals surface area contributed by atoms with E-state index >= 15 is 0 Å². The third-order valence-corrected chi connectivity index (χ3v) is 1.68. The molecule has 0 aliphatic rings. The first-order valence-corrected chi connectivity index (χ1v) is 3.77. The smallest absolute Gasteiger partial charge is 1.00 e. The Morgan fingerprint density at radius 1 is 1.25 bits per heavy atom. The summed E-state index contributed by atoms with van der Waals surface area (Å²) in [6.07, 6.45) is 0. The molecule has 1 unspecified atom stereocenters. The summed E-state index contributed by atoms with van der Waals surface area (Å²) in [7, 11) is 0. The predicted molar refractivity (Wildman–Crippen MR) is 36.5 cm³/mol. The van der Waals surface area contributed by atoms with Crippen molar-refractivity contribution < 1.29 is 48.5 Å². The molecule has 0 aromatic heterocycles. The number of hydrogen-bond acceptors (Lipinski definition) is 1. The van der Waals surface area contributed by atoms with Gasteiger partial charge in [-0.3, -0.25) is 0 Å². The molecule has 0 fully saturated rings. The fourth-order valence-corrected chi connectivity index (χ4v) is 1.06. The zero-order valence-corrected chi connectivity index (χ0v) is 9.07. The summed E-state index contributed by atoms with van der Waals surface area (Å²) in [6, 6.07) is 2.24. The first-order chi connectivity index (χ1) is 5.09. The number of rotatable bonds is 1. The molecule has 1 N–H and O–H groups in total. The summed E-state index contributed by atoms with van der Waals surface area (Å²) in [5.74, 6) is -1.72. The molecule has 0 heterocycles. The van der Waals surface area contributed by atoms with Crippen molar-refractivity contribution in [2.45, 2.75) is 4.90 Å². The Bertz CT molecular complexity index is 290. The zero-order valence-electron chi connectivity index (χ0n) is 7.25. The van der Waals surface area contributed by atoms with E-state index in [1.54, 1.807) is 0 Å². The molecule has 0 saturated carbocycles. The van der Waals surface area contributed by atoms with E-state index in [-0.39, 0.29) is 35.9 Å². The molecule has 0 aliphatic carbocycles. The Morgan fingerprint density at radius 3 is 2.00 bits per heavy atom. The van der Waals surface area contributed by atoms with Crippen LogP contribution in [-0.4, -0.2) is 8.76 Å². The van der Waals surface area contributed by atoms with Gasteiger partial charge in [0.1, 0.15) is 11.6 Å². The molecule has 0 radical (unpaired) electrons. The summed E-state index contributed by atoms with van der Waals surface area (Å²) in [4.78, 5) is -0.275. The van der Waals surface area contributed by atoms with Crippen molar-refractivity contribution in [1.82, 2.24) is 0 Å². The Labute approximate surface area is 94.0 Å². The zero-order chi connectivity index (χ0) is 8.43. The SMILES string of the molecule is O=S(O)c1cc(F)cc(F)c1.[H-].[Na+]. The molecule has 1 atom stereocenters. The van der Waals surface area contributed by atoms with Crippen LogP contribution in [0.3, 0.4) is 0 Å². The van der Waals surface area contributed by atoms with Crippen molar-refractivity contribution in [3.8, 4) is 0 Å². The van der Waals surface area contributed by atoms with Gasteiger partial charge in [-0.15, -0.1) is 0 Å². The second-order valence-corrected chi connectivity index (χ2v) is 2.82. The van der Waals surface area contributed by atoms with Gasteiger partial charge in [0, 0.05) is 6.07 Å². The topological polar surface area (TPSA) is 37.3 Å². The van der Waals surface area contributed by atoms with Crippen LogP contribution in [-0.2, 0) is 11.1 Å². The average molecular weight is 202 g/mol. The molecule has 0 amide bonds. The Hall–Kier alpha value is 0.190. The van der Waals surface area contributed by atoms with E-state index < -0.39 is 22.7 Å². The van der Waals surface area contributed by atoms with Gasteiger partial charge in [-0.05, 0) is 12.1 Å². The van der Waals surface area contributed by atoms with Crippen LogP contribution in [0.2, 0.25) is 0 Å². The van der Waals surface area contributed by atoms with Gasteiger partial charge < -0.3 is 5.98 Å². The molecule has 12 heavy (non-hydrogen) atoms. The predicted octanol–water partition coefficient (Wildman–Crippen LogP) is -1.34. The second-order valence-electron chi connectivity index (χ2n) is 1.85. The molecule has 0 spiro atoms. The minimum Gasteiger partial charge on any atom is -1.00 e. The van der Waals surface area contributed by atoms with Gasteiger partial charge in [-0.25, -0.2) is 13.0 Å². The summed E-state index contributed by atoms with van der Waals surface area (Å²) in [5.41, 5.74) is 0. The van der Waals surface area contributed by atoms with Crippen LogP contribution in [0.4, 0.5) is 8.78 Å². The maximum absolute atomic E-state index is 12.3. The van der Waals surface area contributed by atoms with E-state index in [0.717, 1.165) is 12.1 Å². The normalized spacial score (nSPS) is 11.9. The molecule has 62 valence electrons. The third-order valence-electron chi connectivity index (χ3n) is 1.04. The summed E-state index contributed by atoms with van der Waals surface area (Å²) >= 11 is -2.33. The quantitative estimate of drug-likeness (QED) is 0.452. The van der Waals surface area contributed by atoms with E-state index in [1.807, 2.05) is 0 Å². The van der Waals surface area contributed by atoms with Gasteiger partial charge in [-0.2, -0.15) is 0 Å². The van der Waals surface area contributed by atoms with Crippen molar-refractivity contribution in [2.24, 2.45) is 0 Å². The van der Waals surface area contributed by atoms with E-state index in [1.165, 1.54) is 0 Å². The Kier molecular flexibility index (Phi) is 5.12.